The molecule has 3 rings (SSSR count). The van der Waals surface area contributed by atoms with Crippen LogP contribution in [-0.2, 0) is 19.1 Å². The SMILES string of the molecule is CCOC(=O)[C@@]1(CC)[NH2+][C@@H](c2ccccc2OC)[C@H]2C(=O)N(C)C(=O)[C@H]21. The summed E-state index contributed by atoms with van der Waals surface area (Å²) in [4.78, 5) is 39.7. The third-order valence-electron chi connectivity index (χ3n) is 5.73. The summed E-state index contributed by atoms with van der Waals surface area (Å²) in [6.45, 7) is 3.81. The average molecular weight is 361 g/mol. The molecule has 0 bridgehead atoms. The van der Waals surface area contributed by atoms with Crippen LogP contribution < -0.4 is 10.1 Å². The van der Waals surface area contributed by atoms with Crippen LogP contribution in [0.5, 0.6) is 5.75 Å². The molecule has 0 radical (unpaired) electrons. The molecule has 2 aliphatic rings. The minimum absolute atomic E-state index is 0.225. The first-order valence-electron chi connectivity index (χ1n) is 8.90. The predicted octanol–water partition coefficient (Wildman–Crippen LogP) is 0.256. The van der Waals surface area contributed by atoms with Crippen molar-refractivity contribution < 1.29 is 29.2 Å². The van der Waals surface area contributed by atoms with Crippen LogP contribution in [0.25, 0.3) is 0 Å². The third-order valence-corrected chi connectivity index (χ3v) is 5.73. The number of nitrogens with zero attached hydrogens (tertiary/aromatic N) is 1. The van der Waals surface area contributed by atoms with Crippen LogP contribution in [0.4, 0.5) is 0 Å². The van der Waals surface area contributed by atoms with E-state index in [1.54, 1.807) is 14.0 Å². The molecule has 7 nitrogen and oxygen atoms in total. The molecule has 2 N–H and O–H groups in total. The predicted molar refractivity (Wildman–Crippen MR) is 92.1 cm³/mol. The molecule has 4 atom stereocenters. The molecule has 2 fully saturated rings. The zero-order valence-corrected chi connectivity index (χ0v) is 15.5. The zero-order valence-electron chi connectivity index (χ0n) is 15.5. The Morgan fingerprint density at radius 2 is 1.92 bits per heavy atom. The van der Waals surface area contributed by atoms with Gasteiger partial charge >= 0.3 is 5.97 Å². The van der Waals surface area contributed by atoms with Crippen LogP contribution in [0, 0.1) is 11.8 Å². The number of carbonyl (C=O) groups is 3. The summed E-state index contributed by atoms with van der Waals surface area (Å²) in [6, 6.07) is 7.02. The highest BCUT2D eigenvalue weighted by Gasteiger charge is 2.71. The highest BCUT2D eigenvalue weighted by molar-refractivity contribution is 6.08. The molecule has 2 aliphatic heterocycles. The molecule has 0 unspecified atom stereocenters. The number of hydrogen-bond acceptors (Lipinski definition) is 5. The quantitative estimate of drug-likeness (QED) is 0.600. The van der Waals surface area contributed by atoms with E-state index in [-0.39, 0.29) is 24.5 Å². The van der Waals surface area contributed by atoms with Gasteiger partial charge in [0, 0.05) is 13.5 Å². The largest absolute Gasteiger partial charge is 0.496 e. The maximum Gasteiger partial charge on any atom is 0.368 e. The molecule has 0 aromatic heterocycles. The van der Waals surface area contributed by atoms with E-state index in [1.807, 2.05) is 36.5 Å². The first-order chi connectivity index (χ1) is 12.4. The van der Waals surface area contributed by atoms with Gasteiger partial charge in [-0.15, -0.1) is 0 Å². The second-order valence-corrected chi connectivity index (χ2v) is 6.79. The van der Waals surface area contributed by atoms with Gasteiger partial charge in [0.15, 0.2) is 0 Å². The van der Waals surface area contributed by atoms with Gasteiger partial charge in [0.05, 0.1) is 19.3 Å². The van der Waals surface area contributed by atoms with Crippen molar-refractivity contribution in [1.82, 2.24) is 4.90 Å². The number of likely N-dealkylation sites (tertiary alicyclic amines) is 1. The Hall–Kier alpha value is -2.41. The molecule has 2 amide bonds. The molecule has 0 spiro atoms. The first-order valence-corrected chi connectivity index (χ1v) is 8.90. The smallest absolute Gasteiger partial charge is 0.368 e. The molecular weight excluding hydrogens is 336 g/mol. The van der Waals surface area contributed by atoms with Crippen LogP contribution >= 0.6 is 0 Å². The Morgan fingerprint density at radius 3 is 2.54 bits per heavy atom. The number of methoxy groups -OCH3 is 1. The van der Waals surface area contributed by atoms with E-state index in [0.717, 1.165) is 10.5 Å². The Balaban J connectivity index is 2.15. The fourth-order valence-electron chi connectivity index (χ4n) is 4.43. The summed E-state index contributed by atoms with van der Waals surface area (Å²) in [7, 11) is 3.05. The van der Waals surface area contributed by atoms with E-state index >= 15 is 0 Å². The number of fused-ring (bicyclic) bond motifs is 1. The van der Waals surface area contributed by atoms with E-state index < -0.39 is 23.3 Å². The van der Waals surface area contributed by atoms with E-state index in [4.69, 9.17) is 9.47 Å². The molecule has 1 aromatic carbocycles. The number of hydrogen-bond donors (Lipinski definition) is 1. The summed E-state index contributed by atoms with van der Waals surface area (Å²) in [5.74, 6) is -1.73. The molecule has 2 saturated heterocycles. The van der Waals surface area contributed by atoms with Gasteiger partial charge in [-0.2, -0.15) is 0 Å². The van der Waals surface area contributed by atoms with Crippen molar-refractivity contribution in [3.05, 3.63) is 29.8 Å². The number of amides is 2. The van der Waals surface area contributed by atoms with Gasteiger partial charge in [0.1, 0.15) is 23.6 Å². The molecular formula is C19H25N2O5+. The second-order valence-electron chi connectivity index (χ2n) is 6.79. The van der Waals surface area contributed by atoms with Gasteiger partial charge in [-0.05, 0) is 19.1 Å². The number of benzene rings is 1. The van der Waals surface area contributed by atoms with E-state index in [2.05, 4.69) is 0 Å². The molecule has 26 heavy (non-hydrogen) atoms. The second kappa shape index (κ2) is 6.72. The normalized spacial score (nSPS) is 30.5. The molecule has 0 aliphatic carbocycles. The van der Waals surface area contributed by atoms with E-state index in [0.29, 0.717) is 12.2 Å². The number of esters is 1. The Labute approximate surface area is 152 Å². The standard InChI is InChI=1S/C19H24N2O5/c1-5-19(18(24)26-6-2)14-13(16(22)21(3)17(14)23)15(20-19)11-9-7-8-10-12(11)25-4/h7-10,13-15,20H,5-6H2,1-4H3/p+1/t13-,14-,15-,19-/m0/s1. The van der Waals surface area contributed by atoms with Crippen LogP contribution in [0.3, 0.4) is 0 Å². The minimum atomic E-state index is -1.11. The maximum absolute atomic E-state index is 12.9. The van der Waals surface area contributed by atoms with Crippen molar-refractivity contribution in [1.29, 1.82) is 0 Å². The van der Waals surface area contributed by atoms with Crippen LogP contribution in [0.2, 0.25) is 0 Å². The van der Waals surface area contributed by atoms with Gasteiger partial charge in [0.25, 0.3) is 0 Å². The fraction of sp³-hybridized carbons (Fsp3) is 0.526. The van der Waals surface area contributed by atoms with Crippen LogP contribution in [0.15, 0.2) is 24.3 Å². The zero-order chi connectivity index (χ0) is 19.1. The van der Waals surface area contributed by atoms with Crippen molar-refractivity contribution in [3.8, 4) is 5.75 Å². The number of carbonyl (C=O) groups excluding carboxylic acids is 3. The van der Waals surface area contributed by atoms with Crippen LogP contribution in [0.1, 0.15) is 31.9 Å². The lowest BCUT2D eigenvalue weighted by atomic mass is 9.78. The lowest BCUT2D eigenvalue weighted by molar-refractivity contribution is -0.734. The van der Waals surface area contributed by atoms with E-state index in [1.165, 1.54) is 7.05 Å². The lowest BCUT2D eigenvalue weighted by Gasteiger charge is -2.28. The molecule has 7 heteroatoms. The number of quaternary nitrogens is 1. The van der Waals surface area contributed by atoms with Crippen molar-refractivity contribution in [3.63, 3.8) is 0 Å². The number of rotatable bonds is 5. The highest BCUT2D eigenvalue weighted by atomic mass is 16.5. The lowest BCUT2D eigenvalue weighted by Crippen LogP contribution is -2.98. The number of imide groups is 1. The topological polar surface area (TPSA) is 89.5 Å². The summed E-state index contributed by atoms with van der Waals surface area (Å²) in [5, 5.41) is 1.85. The Morgan fingerprint density at radius 1 is 1.23 bits per heavy atom. The van der Waals surface area contributed by atoms with Gasteiger partial charge in [-0.1, -0.05) is 19.1 Å². The summed E-state index contributed by atoms with van der Waals surface area (Å²) in [5.41, 5.74) is -0.301. The maximum atomic E-state index is 12.9. The van der Waals surface area contributed by atoms with Crippen molar-refractivity contribution in [2.45, 2.75) is 31.8 Å². The molecule has 0 saturated carbocycles. The van der Waals surface area contributed by atoms with Gasteiger partial charge in [-0.25, -0.2) is 4.79 Å². The summed E-state index contributed by atoms with van der Waals surface area (Å²) < 4.78 is 10.8. The van der Waals surface area contributed by atoms with Crippen LogP contribution in [-0.4, -0.2) is 49.0 Å². The van der Waals surface area contributed by atoms with Gasteiger partial charge in [-0.3, -0.25) is 14.5 Å². The van der Waals surface area contributed by atoms with Gasteiger partial charge < -0.3 is 14.8 Å². The van der Waals surface area contributed by atoms with Crippen molar-refractivity contribution in [2.24, 2.45) is 11.8 Å². The number of ether oxygens (including phenoxy) is 2. The first kappa shape index (κ1) is 18.4. The summed E-state index contributed by atoms with van der Waals surface area (Å²) >= 11 is 0. The Kier molecular flexibility index (Phi) is 4.75. The monoisotopic (exact) mass is 361 g/mol. The van der Waals surface area contributed by atoms with E-state index in [9.17, 15) is 14.4 Å². The number of nitrogens with two attached hydrogens (primary N) is 1. The fourth-order valence-corrected chi connectivity index (χ4v) is 4.43. The number of para-hydroxylation sites is 1. The molecule has 2 heterocycles. The third kappa shape index (κ3) is 2.41. The van der Waals surface area contributed by atoms with Gasteiger partial charge in [0.2, 0.25) is 17.4 Å². The minimum Gasteiger partial charge on any atom is -0.496 e. The van der Waals surface area contributed by atoms with Crippen molar-refractivity contribution >= 4 is 17.8 Å². The summed E-state index contributed by atoms with van der Waals surface area (Å²) in [6.07, 6.45) is 0.394. The Bertz CT molecular complexity index is 749. The average Bonchev–Trinajstić information content (AvgIpc) is 3.12. The molecule has 140 valence electrons. The van der Waals surface area contributed by atoms with Crippen molar-refractivity contribution in [2.75, 3.05) is 20.8 Å². The highest BCUT2D eigenvalue weighted by Crippen LogP contribution is 2.46. The molecule has 1 aromatic rings.